The molecule has 0 bridgehead atoms. The third kappa shape index (κ3) is 5.73. The van der Waals surface area contributed by atoms with Crippen LogP contribution in [0.25, 0.3) is 0 Å². The monoisotopic (exact) mass is 415 g/mol. The van der Waals surface area contributed by atoms with E-state index in [0.717, 1.165) is 6.42 Å². The Labute approximate surface area is 167 Å². The average Bonchev–Trinajstić information content (AvgIpc) is 3.14. The fourth-order valence-electron chi connectivity index (χ4n) is 2.63. The number of ether oxygens (including phenoxy) is 4. The molecule has 0 aliphatic carbocycles. The zero-order valence-electron chi connectivity index (χ0n) is 16.8. The summed E-state index contributed by atoms with van der Waals surface area (Å²) >= 11 is 0. The summed E-state index contributed by atoms with van der Waals surface area (Å²) in [4.78, 5) is 64.8. The van der Waals surface area contributed by atoms with Gasteiger partial charge in [-0.25, -0.2) is 14.4 Å². The molecule has 0 saturated carbocycles. The molecule has 0 N–H and O–H groups in total. The van der Waals surface area contributed by atoms with Crippen LogP contribution in [-0.4, -0.2) is 65.5 Å². The van der Waals surface area contributed by atoms with Crippen LogP contribution >= 0.6 is 0 Å². The lowest BCUT2D eigenvalue weighted by atomic mass is 10.2. The smallest absolute Gasteiger partial charge is 0.365 e. The minimum atomic E-state index is -1.60. The molecule has 0 aromatic rings. The Kier molecular flexibility index (Phi) is 7.31. The highest BCUT2D eigenvalue weighted by molar-refractivity contribution is 6.02. The van der Waals surface area contributed by atoms with Crippen molar-refractivity contribution < 1.29 is 47.8 Å². The normalized spacial score (nSPS) is 24.3. The van der Waals surface area contributed by atoms with E-state index in [-0.39, 0.29) is 19.4 Å². The molecule has 162 valence electrons. The summed E-state index contributed by atoms with van der Waals surface area (Å²) < 4.78 is 20.8. The number of hydrogen-bond donors (Lipinski definition) is 0. The first-order chi connectivity index (χ1) is 13.6. The van der Waals surface area contributed by atoms with Gasteiger partial charge in [-0.05, 0) is 27.2 Å². The fraction of sp³-hybridized carbons (Fsp3) is 0.722. The summed E-state index contributed by atoms with van der Waals surface area (Å²) in [6, 6.07) is 0. The number of unbranched alkanes of at least 4 members (excludes halogenated alkanes) is 1. The highest BCUT2D eigenvalue weighted by Gasteiger charge is 2.52. The Morgan fingerprint density at radius 2 is 1.66 bits per heavy atom. The van der Waals surface area contributed by atoms with E-state index >= 15 is 0 Å². The van der Waals surface area contributed by atoms with Crippen LogP contribution in [0.4, 0.5) is 0 Å². The molecule has 11 heteroatoms. The summed E-state index contributed by atoms with van der Waals surface area (Å²) in [5, 5.41) is 0.340. The second kappa shape index (κ2) is 9.31. The summed E-state index contributed by atoms with van der Waals surface area (Å²) in [7, 11) is 0. The summed E-state index contributed by atoms with van der Waals surface area (Å²) in [6.45, 7) is 6.35. The van der Waals surface area contributed by atoms with E-state index in [9.17, 15) is 24.0 Å². The van der Waals surface area contributed by atoms with Crippen LogP contribution in [0.3, 0.4) is 0 Å². The molecule has 2 aliphatic heterocycles. The lowest BCUT2D eigenvalue weighted by Gasteiger charge is -2.19. The summed E-state index contributed by atoms with van der Waals surface area (Å²) in [5.41, 5.74) is 0. The third-order valence-corrected chi connectivity index (χ3v) is 4.12. The molecule has 2 heterocycles. The Hall–Kier alpha value is -2.53. The zero-order chi connectivity index (χ0) is 21.8. The van der Waals surface area contributed by atoms with Gasteiger partial charge in [0.25, 0.3) is 11.8 Å². The van der Waals surface area contributed by atoms with Gasteiger partial charge in [0.15, 0.2) is 24.1 Å². The first kappa shape index (κ1) is 22.8. The maximum Gasteiger partial charge on any atom is 0.365 e. The van der Waals surface area contributed by atoms with Crippen LogP contribution in [0.1, 0.15) is 53.4 Å². The molecular formula is C18H25NO10. The first-order valence-electron chi connectivity index (χ1n) is 9.36. The van der Waals surface area contributed by atoms with E-state index in [1.807, 2.05) is 6.92 Å². The van der Waals surface area contributed by atoms with Crippen molar-refractivity contribution in [3.63, 3.8) is 0 Å². The minimum absolute atomic E-state index is 0.0806. The molecule has 2 aliphatic rings. The molecule has 2 saturated heterocycles. The SMILES string of the molecule is CCCCOC(=O)[C@H](C)OC(=O)[C@@H]1OC(C)(C)O[C@H]1C(=O)ON1C(=O)CCC1=O. The van der Waals surface area contributed by atoms with Crippen LogP contribution in [0.15, 0.2) is 0 Å². The summed E-state index contributed by atoms with van der Waals surface area (Å²) in [5.74, 6) is -5.65. The Bertz CT molecular complexity index is 672. The molecule has 2 rings (SSSR count). The van der Waals surface area contributed by atoms with Crippen molar-refractivity contribution in [2.24, 2.45) is 0 Å². The molecule has 3 atom stereocenters. The Morgan fingerprint density at radius 3 is 2.21 bits per heavy atom. The van der Waals surface area contributed by atoms with E-state index in [1.54, 1.807) is 0 Å². The van der Waals surface area contributed by atoms with E-state index in [2.05, 4.69) is 0 Å². The molecule has 2 fully saturated rings. The van der Waals surface area contributed by atoms with Crippen molar-refractivity contribution in [1.82, 2.24) is 5.06 Å². The number of carbonyl (C=O) groups is 5. The number of carbonyl (C=O) groups excluding carboxylic acids is 5. The molecule has 29 heavy (non-hydrogen) atoms. The molecule has 0 aromatic carbocycles. The number of hydroxylamine groups is 2. The van der Waals surface area contributed by atoms with Gasteiger partial charge in [0.05, 0.1) is 6.61 Å². The van der Waals surface area contributed by atoms with Gasteiger partial charge in [0, 0.05) is 12.8 Å². The van der Waals surface area contributed by atoms with Gasteiger partial charge in [-0.2, -0.15) is 0 Å². The van der Waals surface area contributed by atoms with Gasteiger partial charge < -0.3 is 23.8 Å². The largest absolute Gasteiger partial charge is 0.463 e. The lowest BCUT2D eigenvalue weighted by Crippen LogP contribution is -2.44. The zero-order valence-corrected chi connectivity index (χ0v) is 16.8. The van der Waals surface area contributed by atoms with Gasteiger partial charge in [0.1, 0.15) is 0 Å². The molecule has 0 radical (unpaired) electrons. The molecule has 11 nitrogen and oxygen atoms in total. The number of amides is 2. The maximum absolute atomic E-state index is 12.5. The van der Waals surface area contributed by atoms with E-state index in [4.69, 9.17) is 23.8 Å². The van der Waals surface area contributed by atoms with Crippen molar-refractivity contribution >= 4 is 29.7 Å². The van der Waals surface area contributed by atoms with Crippen LogP contribution in [0.5, 0.6) is 0 Å². The fourth-order valence-corrected chi connectivity index (χ4v) is 2.63. The average molecular weight is 415 g/mol. The van der Waals surface area contributed by atoms with E-state index in [1.165, 1.54) is 20.8 Å². The Balaban J connectivity index is 2.01. The number of nitrogens with zero attached hydrogens (tertiary/aromatic N) is 1. The molecule has 0 spiro atoms. The van der Waals surface area contributed by atoms with Gasteiger partial charge >= 0.3 is 17.9 Å². The van der Waals surface area contributed by atoms with Crippen molar-refractivity contribution in [3.8, 4) is 0 Å². The van der Waals surface area contributed by atoms with Gasteiger partial charge in [-0.3, -0.25) is 9.59 Å². The second-order valence-electron chi connectivity index (χ2n) is 7.07. The minimum Gasteiger partial charge on any atom is -0.463 e. The quantitative estimate of drug-likeness (QED) is 0.311. The topological polar surface area (TPSA) is 135 Å². The standard InChI is InChI=1S/C18H25NO10/c1-5-6-9-25-15(22)10(2)26-16(23)13-14(28-18(3,4)27-13)17(24)29-19-11(20)7-8-12(19)21/h10,13-14H,5-9H2,1-4H3/t10-,13+,14+/m0/s1. The van der Waals surface area contributed by atoms with Gasteiger partial charge in [-0.1, -0.05) is 13.3 Å². The molecule has 0 aromatic heterocycles. The lowest BCUT2D eigenvalue weighted by molar-refractivity contribution is -0.208. The van der Waals surface area contributed by atoms with Crippen molar-refractivity contribution in [2.45, 2.75) is 77.5 Å². The predicted molar refractivity (Wildman–Crippen MR) is 92.4 cm³/mol. The first-order valence-corrected chi connectivity index (χ1v) is 9.36. The number of rotatable bonds is 8. The van der Waals surface area contributed by atoms with Gasteiger partial charge in [-0.15, -0.1) is 5.06 Å². The number of hydrogen-bond acceptors (Lipinski definition) is 10. The van der Waals surface area contributed by atoms with E-state index in [0.29, 0.717) is 11.5 Å². The second-order valence-corrected chi connectivity index (χ2v) is 7.07. The maximum atomic E-state index is 12.5. The van der Waals surface area contributed by atoms with Crippen molar-refractivity contribution in [1.29, 1.82) is 0 Å². The summed E-state index contributed by atoms with van der Waals surface area (Å²) in [6.07, 6.45) is -3.05. The molecule has 0 unspecified atom stereocenters. The van der Waals surface area contributed by atoms with E-state index < -0.39 is 53.8 Å². The van der Waals surface area contributed by atoms with Gasteiger partial charge in [0.2, 0.25) is 0 Å². The predicted octanol–water partition coefficient (Wildman–Crippen LogP) is 0.389. The molecule has 2 amide bonds. The number of imide groups is 1. The highest BCUT2D eigenvalue weighted by atomic mass is 16.8. The van der Waals surface area contributed by atoms with Crippen LogP contribution in [-0.2, 0) is 47.8 Å². The Morgan fingerprint density at radius 1 is 1.10 bits per heavy atom. The highest BCUT2D eigenvalue weighted by Crippen LogP contribution is 2.30. The van der Waals surface area contributed by atoms with Crippen LogP contribution in [0.2, 0.25) is 0 Å². The van der Waals surface area contributed by atoms with Crippen LogP contribution in [0, 0.1) is 0 Å². The number of esters is 2. The van der Waals surface area contributed by atoms with Crippen molar-refractivity contribution in [3.05, 3.63) is 0 Å². The molecular weight excluding hydrogens is 390 g/mol. The third-order valence-electron chi connectivity index (χ3n) is 4.12. The van der Waals surface area contributed by atoms with Crippen molar-refractivity contribution in [2.75, 3.05) is 6.61 Å². The van der Waals surface area contributed by atoms with Crippen LogP contribution < -0.4 is 0 Å².